The minimum Gasteiger partial charge on any atom is -0.393 e. The third kappa shape index (κ3) is 3.55. The Labute approximate surface area is 179 Å². The second-order valence-corrected chi connectivity index (χ2v) is 12.3. The van der Waals surface area contributed by atoms with Gasteiger partial charge in [-0.15, -0.1) is 0 Å². The van der Waals surface area contributed by atoms with Gasteiger partial charge in [0.05, 0.1) is 12.2 Å². The second kappa shape index (κ2) is 7.97. The Kier molecular flexibility index (Phi) is 6.01. The van der Waals surface area contributed by atoms with E-state index in [1.54, 1.807) is 0 Å². The van der Waals surface area contributed by atoms with E-state index in [4.69, 9.17) is 0 Å². The van der Waals surface area contributed by atoms with Crippen molar-refractivity contribution in [2.75, 3.05) is 0 Å². The molecule has 2 nitrogen and oxygen atoms in total. The van der Waals surface area contributed by atoms with Crippen molar-refractivity contribution in [2.45, 2.75) is 105 Å². The number of aliphatic hydroxyl groups is 2. The minimum atomic E-state index is -0.356. The van der Waals surface area contributed by atoms with Crippen LogP contribution in [0.25, 0.3) is 0 Å². The largest absolute Gasteiger partial charge is 0.393 e. The molecule has 3 fully saturated rings. The number of aliphatic hydroxyl groups excluding tert-OH is 2. The van der Waals surface area contributed by atoms with Gasteiger partial charge in [0.1, 0.15) is 0 Å². The predicted octanol–water partition coefficient (Wildman–Crippen LogP) is 6.22. The van der Waals surface area contributed by atoms with Crippen molar-refractivity contribution in [1.82, 2.24) is 0 Å². The van der Waals surface area contributed by atoms with Crippen LogP contribution < -0.4 is 0 Å². The highest BCUT2D eigenvalue weighted by Crippen LogP contribution is 2.67. The van der Waals surface area contributed by atoms with Crippen molar-refractivity contribution in [3.63, 3.8) is 0 Å². The normalized spacial score (nSPS) is 50.1. The summed E-state index contributed by atoms with van der Waals surface area (Å²) in [5.41, 5.74) is 0.437. The van der Waals surface area contributed by atoms with Crippen LogP contribution in [0.5, 0.6) is 0 Å². The van der Waals surface area contributed by atoms with Gasteiger partial charge < -0.3 is 10.2 Å². The maximum Gasteiger partial charge on any atom is 0.0626 e. The summed E-state index contributed by atoms with van der Waals surface area (Å²) in [6, 6.07) is 0. The molecule has 4 aliphatic carbocycles. The molecule has 0 bridgehead atoms. The standard InChI is InChI=1S/C27H46O2/c1-17(2)7-6-8-18(3)22-11-12-23-21-10-9-19-15-20(28)16-25(29)27(19,5)24(21)13-14-26(22,23)4/h9-10,17-25,28-29H,6-8,11-16H2,1-5H3/t18-,19?,20-,21+,22-,23+,24+,25+,26-,27+/m1/s1. The fourth-order valence-electron chi connectivity index (χ4n) is 8.69. The molecule has 3 saturated carbocycles. The van der Waals surface area contributed by atoms with Gasteiger partial charge in [0, 0.05) is 5.41 Å². The molecule has 0 aromatic carbocycles. The SMILES string of the molecule is CC(C)CCC[C@@H](C)[C@H]1CC[C@H]2[C@@H]3C=CC4C[C@@H](O)C[C@H](O)[C@]4(C)[C@H]3CC[C@]12C. The number of hydrogen-bond donors (Lipinski definition) is 2. The molecule has 0 radical (unpaired) electrons. The van der Waals surface area contributed by atoms with E-state index in [2.05, 4.69) is 46.8 Å². The van der Waals surface area contributed by atoms with Crippen molar-refractivity contribution in [3.05, 3.63) is 12.2 Å². The Morgan fingerprint density at radius 1 is 0.931 bits per heavy atom. The second-order valence-electron chi connectivity index (χ2n) is 12.3. The molecule has 2 N–H and O–H groups in total. The monoisotopic (exact) mass is 402 g/mol. The van der Waals surface area contributed by atoms with Crippen molar-refractivity contribution < 1.29 is 10.2 Å². The maximum absolute atomic E-state index is 11.1. The molecule has 0 aliphatic heterocycles. The van der Waals surface area contributed by atoms with Gasteiger partial charge in [-0.2, -0.15) is 0 Å². The highest BCUT2D eigenvalue weighted by molar-refractivity contribution is 5.19. The number of rotatable bonds is 5. The summed E-state index contributed by atoms with van der Waals surface area (Å²) in [4.78, 5) is 0. The third-order valence-corrected chi connectivity index (χ3v) is 10.4. The van der Waals surface area contributed by atoms with Gasteiger partial charge in [-0.3, -0.25) is 0 Å². The van der Waals surface area contributed by atoms with E-state index in [1.165, 1.54) is 44.9 Å². The van der Waals surface area contributed by atoms with E-state index < -0.39 is 0 Å². The molecule has 2 heteroatoms. The van der Waals surface area contributed by atoms with E-state index in [-0.39, 0.29) is 17.6 Å². The minimum absolute atomic E-state index is 0.0407. The summed E-state index contributed by atoms with van der Waals surface area (Å²) >= 11 is 0. The van der Waals surface area contributed by atoms with Gasteiger partial charge in [-0.1, -0.05) is 66.0 Å². The van der Waals surface area contributed by atoms with Crippen LogP contribution in [-0.2, 0) is 0 Å². The summed E-state index contributed by atoms with van der Waals surface area (Å²) in [6.07, 6.45) is 15.2. The van der Waals surface area contributed by atoms with E-state index >= 15 is 0 Å². The van der Waals surface area contributed by atoms with Crippen molar-refractivity contribution in [1.29, 1.82) is 0 Å². The number of allylic oxidation sites excluding steroid dienone is 2. The Balaban J connectivity index is 1.52. The zero-order valence-electron chi connectivity index (χ0n) is 19.6. The van der Waals surface area contributed by atoms with Gasteiger partial charge in [0.2, 0.25) is 0 Å². The summed E-state index contributed by atoms with van der Waals surface area (Å²) in [7, 11) is 0. The third-order valence-electron chi connectivity index (χ3n) is 10.4. The van der Waals surface area contributed by atoms with Crippen molar-refractivity contribution >= 4 is 0 Å². The summed E-state index contributed by atoms with van der Waals surface area (Å²) in [6.45, 7) is 12.2. The lowest BCUT2D eigenvalue weighted by Crippen LogP contribution is -2.57. The molecule has 0 aromatic rings. The van der Waals surface area contributed by atoms with Crippen LogP contribution in [0.1, 0.15) is 92.4 Å². The molecule has 4 aliphatic rings. The van der Waals surface area contributed by atoms with Crippen LogP contribution in [0.15, 0.2) is 12.2 Å². The molecule has 10 atom stereocenters. The lowest BCUT2D eigenvalue weighted by molar-refractivity contribution is -0.145. The van der Waals surface area contributed by atoms with Crippen LogP contribution in [0, 0.1) is 52.3 Å². The average Bonchev–Trinajstić information content (AvgIpc) is 3.00. The predicted molar refractivity (Wildman–Crippen MR) is 120 cm³/mol. The highest BCUT2D eigenvalue weighted by Gasteiger charge is 2.61. The highest BCUT2D eigenvalue weighted by atomic mass is 16.3. The maximum atomic E-state index is 11.1. The van der Waals surface area contributed by atoms with Crippen LogP contribution >= 0.6 is 0 Å². The van der Waals surface area contributed by atoms with Crippen LogP contribution in [0.3, 0.4) is 0 Å². The Bertz CT molecular complexity index is 612. The molecule has 0 aromatic heterocycles. The van der Waals surface area contributed by atoms with Crippen molar-refractivity contribution in [3.8, 4) is 0 Å². The van der Waals surface area contributed by atoms with E-state index in [0.717, 1.165) is 30.1 Å². The first-order chi connectivity index (χ1) is 13.7. The van der Waals surface area contributed by atoms with E-state index in [9.17, 15) is 10.2 Å². The fraction of sp³-hybridized carbons (Fsp3) is 0.926. The first-order valence-corrected chi connectivity index (χ1v) is 12.7. The Hall–Kier alpha value is -0.340. The van der Waals surface area contributed by atoms with E-state index in [0.29, 0.717) is 29.6 Å². The lowest BCUT2D eigenvalue weighted by Gasteiger charge is -2.60. The van der Waals surface area contributed by atoms with Crippen LogP contribution in [0.2, 0.25) is 0 Å². The van der Waals surface area contributed by atoms with Gasteiger partial charge in [-0.05, 0) is 85.4 Å². The summed E-state index contributed by atoms with van der Waals surface area (Å²) in [5, 5.41) is 21.3. The number of hydrogen-bond acceptors (Lipinski definition) is 2. The number of fused-ring (bicyclic) bond motifs is 5. The molecule has 0 spiro atoms. The Morgan fingerprint density at radius 2 is 1.69 bits per heavy atom. The zero-order chi connectivity index (χ0) is 21.0. The Morgan fingerprint density at radius 3 is 2.41 bits per heavy atom. The molecule has 0 amide bonds. The molecule has 1 unspecified atom stereocenters. The van der Waals surface area contributed by atoms with Gasteiger partial charge >= 0.3 is 0 Å². The zero-order valence-corrected chi connectivity index (χ0v) is 19.6. The molecular formula is C27H46O2. The molecule has 29 heavy (non-hydrogen) atoms. The van der Waals surface area contributed by atoms with Gasteiger partial charge in [-0.25, -0.2) is 0 Å². The van der Waals surface area contributed by atoms with Crippen LogP contribution in [-0.4, -0.2) is 22.4 Å². The molecule has 0 saturated heterocycles. The van der Waals surface area contributed by atoms with Gasteiger partial charge in [0.15, 0.2) is 0 Å². The fourth-order valence-corrected chi connectivity index (χ4v) is 8.69. The molecule has 166 valence electrons. The summed E-state index contributed by atoms with van der Waals surface area (Å²) in [5.74, 6) is 4.89. The molecule has 0 heterocycles. The smallest absolute Gasteiger partial charge is 0.0626 e. The first-order valence-electron chi connectivity index (χ1n) is 12.7. The lowest BCUT2D eigenvalue weighted by atomic mass is 9.45. The van der Waals surface area contributed by atoms with E-state index in [1.807, 2.05) is 0 Å². The molecule has 4 rings (SSSR count). The topological polar surface area (TPSA) is 40.5 Å². The quantitative estimate of drug-likeness (QED) is 0.536. The summed E-state index contributed by atoms with van der Waals surface area (Å²) < 4.78 is 0. The average molecular weight is 403 g/mol. The van der Waals surface area contributed by atoms with Crippen LogP contribution in [0.4, 0.5) is 0 Å². The van der Waals surface area contributed by atoms with Gasteiger partial charge in [0.25, 0.3) is 0 Å². The van der Waals surface area contributed by atoms with Crippen molar-refractivity contribution in [2.24, 2.45) is 52.3 Å². The molecular weight excluding hydrogens is 356 g/mol. The first kappa shape index (κ1) is 21.9.